The molecule has 2 aliphatic rings. The number of non-ortho nitro benzene ring substituents is 1. The molecule has 2 aromatic rings. The molecule has 0 unspecified atom stereocenters. The number of hydrogen-bond acceptors (Lipinski definition) is 7. The zero-order chi connectivity index (χ0) is 25.8. The van der Waals surface area contributed by atoms with Gasteiger partial charge in [0, 0.05) is 53.1 Å². The van der Waals surface area contributed by atoms with Crippen LogP contribution in [0.3, 0.4) is 0 Å². The number of nitrogens with zero attached hydrogens (tertiary/aromatic N) is 1. The summed E-state index contributed by atoms with van der Waals surface area (Å²) in [7, 11) is 0. The lowest BCUT2D eigenvalue weighted by Gasteiger charge is -2.36. The predicted molar refractivity (Wildman–Crippen MR) is 135 cm³/mol. The molecule has 0 fully saturated rings. The van der Waals surface area contributed by atoms with Gasteiger partial charge in [-0.05, 0) is 49.4 Å². The Kier molecular flexibility index (Phi) is 7.86. The van der Waals surface area contributed by atoms with Gasteiger partial charge in [-0.2, -0.15) is 0 Å². The molecule has 0 spiro atoms. The van der Waals surface area contributed by atoms with Crippen LogP contribution in [0.25, 0.3) is 0 Å². The van der Waals surface area contributed by atoms with Gasteiger partial charge in [0.05, 0.1) is 17.1 Å². The van der Waals surface area contributed by atoms with Gasteiger partial charge in [0.25, 0.3) is 5.69 Å². The van der Waals surface area contributed by atoms with Crippen molar-refractivity contribution in [1.82, 2.24) is 5.32 Å². The lowest BCUT2D eigenvalue weighted by Crippen LogP contribution is -2.36. The van der Waals surface area contributed by atoms with E-state index in [9.17, 15) is 19.7 Å². The van der Waals surface area contributed by atoms with Crippen molar-refractivity contribution in [3.8, 4) is 0 Å². The summed E-state index contributed by atoms with van der Waals surface area (Å²) in [6.07, 6.45) is 0.803. The third-order valence-corrected chi connectivity index (χ3v) is 6.72. The largest absolute Gasteiger partial charge is 0.460 e. The number of Topliss-reactive ketones (excluding diaryl/α,β-unsaturated/α-hetero) is 1. The van der Waals surface area contributed by atoms with Gasteiger partial charge in [-0.25, -0.2) is 4.79 Å². The molecule has 0 saturated heterocycles. The fraction of sp³-hybridized carbons (Fsp3) is 0.333. The SMILES string of the molecule is CCOCCOC(=O)C1=C(C)NC2=C(C(=O)C[C@@H](c3ccc(Cl)cc3)C2)[C@@H]1c1cccc([N+](=O)[O-])c1. The van der Waals surface area contributed by atoms with E-state index >= 15 is 0 Å². The molecule has 9 heteroatoms. The van der Waals surface area contributed by atoms with Gasteiger partial charge in [0.2, 0.25) is 0 Å². The Balaban J connectivity index is 1.74. The van der Waals surface area contributed by atoms with E-state index in [2.05, 4.69) is 5.32 Å². The van der Waals surface area contributed by atoms with Gasteiger partial charge in [0.1, 0.15) is 6.61 Å². The molecule has 36 heavy (non-hydrogen) atoms. The minimum absolute atomic E-state index is 0.0562. The molecule has 2 atom stereocenters. The van der Waals surface area contributed by atoms with Crippen molar-refractivity contribution < 1.29 is 24.0 Å². The Labute approximate surface area is 214 Å². The van der Waals surface area contributed by atoms with Gasteiger partial charge in [0.15, 0.2) is 5.78 Å². The minimum Gasteiger partial charge on any atom is -0.460 e. The second kappa shape index (κ2) is 11.1. The highest BCUT2D eigenvalue weighted by molar-refractivity contribution is 6.30. The van der Waals surface area contributed by atoms with Crippen LogP contribution in [0.4, 0.5) is 5.69 Å². The van der Waals surface area contributed by atoms with Crippen LogP contribution in [-0.2, 0) is 19.1 Å². The third kappa shape index (κ3) is 5.34. The first-order chi connectivity index (χ1) is 17.3. The molecule has 0 radical (unpaired) electrons. The fourth-order valence-corrected chi connectivity index (χ4v) is 4.97. The summed E-state index contributed by atoms with van der Waals surface area (Å²) in [5.74, 6) is -1.54. The van der Waals surface area contributed by atoms with Crippen LogP contribution < -0.4 is 5.32 Å². The summed E-state index contributed by atoms with van der Waals surface area (Å²) in [6, 6.07) is 13.5. The molecule has 4 rings (SSSR count). The normalized spacial score (nSPS) is 19.6. The number of dihydropyridines is 1. The average molecular weight is 511 g/mol. The second-order valence-electron chi connectivity index (χ2n) is 8.75. The summed E-state index contributed by atoms with van der Waals surface area (Å²) >= 11 is 6.04. The van der Waals surface area contributed by atoms with E-state index in [1.165, 1.54) is 12.1 Å². The van der Waals surface area contributed by atoms with Crippen LogP contribution in [0.1, 0.15) is 49.7 Å². The van der Waals surface area contributed by atoms with Crippen molar-refractivity contribution in [3.05, 3.63) is 97.3 Å². The molecule has 0 bridgehead atoms. The first-order valence-electron chi connectivity index (χ1n) is 11.8. The Hall–Kier alpha value is -3.49. The van der Waals surface area contributed by atoms with Crippen LogP contribution in [0.2, 0.25) is 5.02 Å². The summed E-state index contributed by atoms with van der Waals surface area (Å²) in [5, 5.41) is 15.4. The molecule has 0 saturated carbocycles. The monoisotopic (exact) mass is 510 g/mol. The van der Waals surface area contributed by atoms with E-state index in [1.807, 2.05) is 19.1 Å². The van der Waals surface area contributed by atoms with Crippen molar-refractivity contribution >= 4 is 29.0 Å². The molecule has 1 aliphatic carbocycles. The zero-order valence-electron chi connectivity index (χ0n) is 20.1. The van der Waals surface area contributed by atoms with Gasteiger partial charge >= 0.3 is 5.97 Å². The maximum atomic E-state index is 13.6. The van der Waals surface area contributed by atoms with Crippen molar-refractivity contribution in [2.75, 3.05) is 19.8 Å². The van der Waals surface area contributed by atoms with Gasteiger partial charge in [-0.15, -0.1) is 0 Å². The number of ketones is 1. The second-order valence-corrected chi connectivity index (χ2v) is 9.19. The minimum atomic E-state index is -0.778. The van der Waals surface area contributed by atoms with E-state index in [0.29, 0.717) is 40.6 Å². The van der Waals surface area contributed by atoms with E-state index in [-0.39, 0.29) is 42.6 Å². The Morgan fingerprint density at radius 1 is 1.14 bits per heavy atom. The van der Waals surface area contributed by atoms with E-state index < -0.39 is 16.8 Å². The van der Waals surface area contributed by atoms with Crippen molar-refractivity contribution in [2.45, 2.75) is 38.5 Å². The van der Waals surface area contributed by atoms with Gasteiger partial charge < -0.3 is 14.8 Å². The summed E-state index contributed by atoms with van der Waals surface area (Å²) in [5.41, 5.74) is 3.36. The summed E-state index contributed by atoms with van der Waals surface area (Å²) < 4.78 is 10.7. The lowest BCUT2D eigenvalue weighted by molar-refractivity contribution is -0.384. The Morgan fingerprint density at radius 3 is 2.58 bits per heavy atom. The van der Waals surface area contributed by atoms with Gasteiger partial charge in [-0.1, -0.05) is 35.9 Å². The molecular formula is C27H27ClN2O6. The number of benzene rings is 2. The number of halogens is 1. The summed E-state index contributed by atoms with van der Waals surface area (Å²) in [6.45, 7) is 4.40. The first kappa shape index (κ1) is 25.6. The molecule has 1 heterocycles. The average Bonchev–Trinajstić information content (AvgIpc) is 2.86. The molecule has 188 valence electrons. The number of allylic oxidation sites excluding steroid dienone is 3. The van der Waals surface area contributed by atoms with Crippen LogP contribution in [0.5, 0.6) is 0 Å². The molecule has 8 nitrogen and oxygen atoms in total. The number of rotatable bonds is 8. The topological polar surface area (TPSA) is 108 Å². The molecule has 2 aromatic carbocycles. The third-order valence-electron chi connectivity index (χ3n) is 6.47. The lowest BCUT2D eigenvalue weighted by atomic mass is 9.71. The van der Waals surface area contributed by atoms with Crippen LogP contribution in [0.15, 0.2) is 71.1 Å². The Bertz CT molecular complexity index is 1250. The maximum Gasteiger partial charge on any atom is 0.336 e. The van der Waals surface area contributed by atoms with Crippen LogP contribution >= 0.6 is 11.6 Å². The van der Waals surface area contributed by atoms with Crippen LogP contribution in [0, 0.1) is 10.1 Å². The molecule has 0 aromatic heterocycles. The van der Waals surface area contributed by atoms with E-state index in [1.54, 1.807) is 31.2 Å². The number of nitrogens with one attached hydrogen (secondary N) is 1. The number of esters is 1. The number of hydrogen-bond donors (Lipinski definition) is 1. The quantitative estimate of drug-likeness (QED) is 0.225. The molecular weight excluding hydrogens is 484 g/mol. The van der Waals surface area contributed by atoms with Crippen LogP contribution in [-0.4, -0.2) is 36.5 Å². The highest BCUT2D eigenvalue weighted by Gasteiger charge is 2.41. The van der Waals surface area contributed by atoms with Crippen molar-refractivity contribution in [2.24, 2.45) is 0 Å². The summed E-state index contributed by atoms with van der Waals surface area (Å²) in [4.78, 5) is 37.8. The molecule has 1 N–H and O–H groups in total. The van der Waals surface area contributed by atoms with E-state index in [4.69, 9.17) is 21.1 Å². The fourth-order valence-electron chi connectivity index (χ4n) is 4.85. The smallest absolute Gasteiger partial charge is 0.336 e. The first-order valence-corrected chi connectivity index (χ1v) is 12.2. The maximum absolute atomic E-state index is 13.6. The zero-order valence-corrected chi connectivity index (χ0v) is 20.8. The van der Waals surface area contributed by atoms with E-state index in [0.717, 1.165) is 5.56 Å². The van der Waals surface area contributed by atoms with Crippen molar-refractivity contribution in [1.29, 1.82) is 0 Å². The van der Waals surface area contributed by atoms with Crippen molar-refractivity contribution in [3.63, 3.8) is 0 Å². The standard InChI is InChI=1S/C27H27ClN2O6/c1-3-35-11-12-36-27(32)24-16(2)29-22-14-19(17-7-9-20(28)10-8-17)15-23(31)26(22)25(24)18-5-4-6-21(13-18)30(33)34/h4-10,13,19,25,29H,3,11-12,14-15H2,1-2H3/t19-,25+/m0/s1. The van der Waals surface area contributed by atoms with Gasteiger partial charge in [-0.3, -0.25) is 14.9 Å². The number of carbonyl (C=O) groups excluding carboxylic acids is 2. The Morgan fingerprint density at radius 2 is 1.89 bits per heavy atom. The number of nitro groups is 1. The number of nitro benzene ring substituents is 1. The number of carbonyl (C=O) groups is 2. The molecule has 1 aliphatic heterocycles. The molecule has 0 amide bonds. The highest BCUT2D eigenvalue weighted by atomic mass is 35.5. The highest BCUT2D eigenvalue weighted by Crippen LogP contribution is 2.46. The predicted octanol–water partition coefficient (Wildman–Crippen LogP) is 5.19. The number of ether oxygens (including phenoxy) is 2.